The normalized spacial score (nSPS) is 11.5. The summed E-state index contributed by atoms with van der Waals surface area (Å²) in [5.74, 6) is -0.256. The molecular formula is C29H24Cl2N2O2S. The summed E-state index contributed by atoms with van der Waals surface area (Å²) in [7, 11) is 0. The Balaban J connectivity index is 1.45. The Labute approximate surface area is 225 Å². The fraction of sp³-hybridized carbons (Fsp3) is 0.103. The molecule has 4 rings (SSSR count). The van der Waals surface area contributed by atoms with Crippen molar-refractivity contribution in [3.63, 3.8) is 0 Å². The maximum absolute atomic E-state index is 13.3. The second-order valence-corrected chi connectivity index (χ2v) is 10.3. The Morgan fingerprint density at radius 1 is 0.806 bits per heavy atom. The number of carbonyl (C=O) groups is 2. The van der Waals surface area contributed by atoms with Crippen LogP contribution in [-0.2, 0) is 16.0 Å². The number of benzene rings is 4. The lowest BCUT2D eigenvalue weighted by Crippen LogP contribution is -2.19. The summed E-state index contributed by atoms with van der Waals surface area (Å²) in [5.41, 5.74) is 4.08. The van der Waals surface area contributed by atoms with Crippen LogP contribution in [0.1, 0.15) is 21.9 Å². The third kappa shape index (κ3) is 7.14. The van der Waals surface area contributed by atoms with E-state index in [0.29, 0.717) is 21.4 Å². The van der Waals surface area contributed by atoms with Crippen LogP contribution in [0.4, 0.5) is 11.4 Å². The number of thioether (sulfide) groups is 1. The molecule has 36 heavy (non-hydrogen) atoms. The van der Waals surface area contributed by atoms with Gasteiger partial charge >= 0.3 is 0 Å². The molecule has 7 heteroatoms. The second-order valence-electron chi connectivity index (χ2n) is 8.23. The van der Waals surface area contributed by atoms with Gasteiger partial charge in [0.1, 0.15) is 5.25 Å². The Kier molecular flexibility index (Phi) is 8.70. The van der Waals surface area contributed by atoms with Crippen LogP contribution in [0.3, 0.4) is 0 Å². The average molecular weight is 535 g/mol. The highest BCUT2D eigenvalue weighted by molar-refractivity contribution is 8.00. The van der Waals surface area contributed by atoms with E-state index >= 15 is 0 Å². The van der Waals surface area contributed by atoms with Crippen molar-refractivity contribution in [1.29, 1.82) is 0 Å². The first-order valence-electron chi connectivity index (χ1n) is 11.3. The molecule has 2 amide bonds. The van der Waals surface area contributed by atoms with Gasteiger partial charge in [-0.05, 0) is 72.1 Å². The third-order valence-electron chi connectivity index (χ3n) is 5.47. The van der Waals surface area contributed by atoms with Gasteiger partial charge in [0.25, 0.3) is 0 Å². The largest absolute Gasteiger partial charge is 0.326 e. The molecule has 2 N–H and O–H groups in total. The van der Waals surface area contributed by atoms with Gasteiger partial charge in [0.05, 0.1) is 6.42 Å². The van der Waals surface area contributed by atoms with E-state index in [2.05, 4.69) is 10.6 Å². The molecule has 0 aromatic heterocycles. The average Bonchev–Trinajstić information content (AvgIpc) is 2.87. The molecule has 0 aliphatic rings. The van der Waals surface area contributed by atoms with E-state index in [-0.39, 0.29) is 18.2 Å². The topological polar surface area (TPSA) is 58.2 Å². The van der Waals surface area contributed by atoms with Gasteiger partial charge in [-0.25, -0.2) is 0 Å². The monoisotopic (exact) mass is 534 g/mol. The van der Waals surface area contributed by atoms with E-state index in [0.717, 1.165) is 21.6 Å². The number of anilines is 2. The van der Waals surface area contributed by atoms with E-state index in [4.69, 9.17) is 23.2 Å². The summed E-state index contributed by atoms with van der Waals surface area (Å²) in [4.78, 5) is 26.7. The van der Waals surface area contributed by atoms with Gasteiger partial charge in [-0.3, -0.25) is 9.59 Å². The van der Waals surface area contributed by atoms with Gasteiger partial charge in [-0.1, -0.05) is 71.7 Å². The Hall–Kier alpha value is -3.25. The fourth-order valence-electron chi connectivity index (χ4n) is 3.57. The molecule has 0 bridgehead atoms. The second kappa shape index (κ2) is 12.1. The van der Waals surface area contributed by atoms with Crippen LogP contribution in [0.25, 0.3) is 0 Å². The van der Waals surface area contributed by atoms with Crippen molar-refractivity contribution in [2.24, 2.45) is 0 Å². The molecular weight excluding hydrogens is 511 g/mol. The maximum atomic E-state index is 13.3. The first-order chi connectivity index (χ1) is 17.4. The van der Waals surface area contributed by atoms with Crippen molar-refractivity contribution < 1.29 is 9.59 Å². The molecule has 0 heterocycles. The first-order valence-corrected chi connectivity index (χ1v) is 12.9. The van der Waals surface area contributed by atoms with E-state index in [1.165, 1.54) is 11.8 Å². The summed E-state index contributed by atoms with van der Waals surface area (Å²) >= 11 is 13.5. The number of amides is 2. The van der Waals surface area contributed by atoms with E-state index in [1.54, 1.807) is 24.3 Å². The first kappa shape index (κ1) is 25.8. The highest BCUT2D eigenvalue weighted by Crippen LogP contribution is 2.37. The number of nitrogens with one attached hydrogen (secondary N) is 2. The van der Waals surface area contributed by atoms with Crippen LogP contribution in [0, 0.1) is 6.92 Å². The minimum atomic E-state index is -0.477. The van der Waals surface area contributed by atoms with Gasteiger partial charge < -0.3 is 10.6 Å². The minimum Gasteiger partial charge on any atom is -0.326 e. The highest BCUT2D eigenvalue weighted by Gasteiger charge is 2.23. The van der Waals surface area contributed by atoms with Crippen LogP contribution >= 0.6 is 35.0 Å². The highest BCUT2D eigenvalue weighted by atomic mass is 35.5. The molecule has 0 fully saturated rings. The number of hydrogen-bond acceptors (Lipinski definition) is 3. The zero-order valence-electron chi connectivity index (χ0n) is 19.5. The van der Waals surface area contributed by atoms with Crippen molar-refractivity contribution in [3.8, 4) is 0 Å². The molecule has 4 aromatic carbocycles. The third-order valence-corrected chi connectivity index (χ3v) is 7.22. The lowest BCUT2D eigenvalue weighted by molar-refractivity contribution is -0.116. The zero-order valence-corrected chi connectivity index (χ0v) is 21.8. The smallest absolute Gasteiger partial charge is 0.242 e. The fourth-order valence-corrected chi connectivity index (χ4v) is 4.90. The van der Waals surface area contributed by atoms with Crippen LogP contribution < -0.4 is 10.6 Å². The van der Waals surface area contributed by atoms with Crippen molar-refractivity contribution in [1.82, 2.24) is 0 Å². The maximum Gasteiger partial charge on any atom is 0.242 e. The van der Waals surface area contributed by atoms with E-state index < -0.39 is 5.25 Å². The molecule has 0 radical (unpaired) electrons. The molecule has 1 unspecified atom stereocenters. The van der Waals surface area contributed by atoms with Crippen molar-refractivity contribution in [2.75, 3.05) is 10.6 Å². The van der Waals surface area contributed by atoms with Crippen LogP contribution in [0.5, 0.6) is 0 Å². The zero-order chi connectivity index (χ0) is 25.5. The summed E-state index contributed by atoms with van der Waals surface area (Å²) in [6, 6.07) is 29.7. The molecule has 182 valence electrons. The Bertz CT molecular complexity index is 1340. The molecule has 1 atom stereocenters. The number of rotatable bonds is 8. The van der Waals surface area contributed by atoms with Crippen molar-refractivity contribution in [3.05, 3.63) is 124 Å². The number of carbonyl (C=O) groups excluding carboxylic acids is 2. The Morgan fingerprint density at radius 2 is 1.47 bits per heavy atom. The summed E-state index contributed by atoms with van der Waals surface area (Å²) in [5, 5.41) is 6.66. The van der Waals surface area contributed by atoms with Gasteiger partial charge in [0, 0.05) is 26.3 Å². The van der Waals surface area contributed by atoms with Gasteiger partial charge in [-0.15, -0.1) is 11.8 Å². The number of aryl methyl sites for hydroxylation is 1. The number of halogens is 2. The predicted molar refractivity (Wildman–Crippen MR) is 150 cm³/mol. The molecule has 0 spiro atoms. The summed E-state index contributed by atoms with van der Waals surface area (Å²) in [6.07, 6.45) is 0.257. The quantitative estimate of drug-likeness (QED) is 0.225. The Morgan fingerprint density at radius 3 is 2.17 bits per heavy atom. The minimum absolute atomic E-state index is 0.115. The van der Waals surface area contributed by atoms with E-state index in [1.807, 2.05) is 79.7 Å². The van der Waals surface area contributed by atoms with E-state index in [9.17, 15) is 9.59 Å². The van der Waals surface area contributed by atoms with Crippen LogP contribution in [0.15, 0.2) is 102 Å². The van der Waals surface area contributed by atoms with Crippen molar-refractivity contribution in [2.45, 2.75) is 23.5 Å². The molecule has 4 nitrogen and oxygen atoms in total. The van der Waals surface area contributed by atoms with Gasteiger partial charge in [0.15, 0.2) is 0 Å². The van der Waals surface area contributed by atoms with Gasteiger partial charge in [-0.2, -0.15) is 0 Å². The molecule has 0 saturated carbocycles. The van der Waals surface area contributed by atoms with Gasteiger partial charge in [0.2, 0.25) is 11.8 Å². The lowest BCUT2D eigenvalue weighted by Gasteiger charge is -2.18. The standard InChI is InChI=1S/C29H24Cl2N2O2S/c1-19-7-10-23(31)18-26(19)33-29(35)28(21-5-3-2-4-6-21)36-25-15-13-24(14-16-25)32-27(34)17-20-8-11-22(30)12-9-20/h2-16,18,28H,17H2,1H3,(H,32,34)(H,33,35). The molecule has 0 aliphatic carbocycles. The lowest BCUT2D eigenvalue weighted by atomic mass is 10.1. The molecule has 0 saturated heterocycles. The SMILES string of the molecule is Cc1ccc(Cl)cc1NC(=O)C(Sc1ccc(NC(=O)Cc2ccc(Cl)cc2)cc1)c1ccccc1. The van der Waals surface area contributed by atoms with Crippen LogP contribution in [0.2, 0.25) is 10.0 Å². The summed E-state index contributed by atoms with van der Waals surface area (Å²) in [6.45, 7) is 1.93. The predicted octanol–water partition coefficient (Wildman–Crippen LogP) is 7.96. The van der Waals surface area contributed by atoms with Crippen LogP contribution in [-0.4, -0.2) is 11.8 Å². The summed E-state index contributed by atoms with van der Waals surface area (Å²) < 4.78 is 0. The molecule has 0 aliphatic heterocycles. The van der Waals surface area contributed by atoms with Crippen molar-refractivity contribution >= 4 is 58.2 Å². The number of hydrogen-bond donors (Lipinski definition) is 2. The molecule has 4 aromatic rings.